The zero-order chi connectivity index (χ0) is 15.9. The normalized spacial score (nSPS) is 16.8. The number of aromatic nitrogens is 2. The average molecular weight is 310 g/mol. The topological polar surface area (TPSA) is 32.3 Å². The number of hydrogen-bond acceptors (Lipinski definition) is 4. The summed E-state index contributed by atoms with van der Waals surface area (Å²) in [5.74, 6) is 1.70. The van der Waals surface area contributed by atoms with Crippen molar-refractivity contribution in [2.75, 3.05) is 26.7 Å². The molecule has 0 aliphatic carbocycles. The Hall–Kier alpha value is -1.78. The van der Waals surface area contributed by atoms with E-state index in [1.807, 2.05) is 18.5 Å². The van der Waals surface area contributed by atoms with Crippen LogP contribution in [0.3, 0.4) is 0 Å². The second-order valence-corrected chi connectivity index (χ2v) is 6.57. The number of likely N-dealkylation sites (tertiary alicyclic amines) is 1. The number of nitrogens with zero attached hydrogens (tertiary/aromatic N) is 4. The van der Waals surface area contributed by atoms with Gasteiger partial charge in [-0.05, 0) is 50.5 Å². The third-order valence-corrected chi connectivity index (χ3v) is 4.56. The Bertz CT molecular complexity index is 564. The van der Waals surface area contributed by atoms with Crippen LogP contribution in [0.15, 0.2) is 48.8 Å². The lowest BCUT2D eigenvalue weighted by atomic mass is 9.96. The van der Waals surface area contributed by atoms with Crippen LogP contribution in [-0.4, -0.2) is 46.4 Å². The van der Waals surface area contributed by atoms with Gasteiger partial charge in [0.25, 0.3) is 0 Å². The Morgan fingerprint density at radius 3 is 2.43 bits per heavy atom. The first kappa shape index (κ1) is 16.1. The van der Waals surface area contributed by atoms with Gasteiger partial charge in [0.2, 0.25) is 0 Å². The van der Waals surface area contributed by atoms with Gasteiger partial charge in [0.05, 0.1) is 6.54 Å². The van der Waals surface area contributed by atoms with E-state index in [1.165, 1.54) is 31.5 Å². The molecule has 1 fully saturated rings. The van der Waals surface area contributed by atoms with Crippen LogP contribution in [0.2, 0.25) is 0 Å². The quantitative estimate of drug-likeness (QED) is 0.821. The third kappa shape index (κ3) is 5.12. The van der Waals surface area contributed by atoms with Crippen molar-refractivity contribution in [3.8, 4) is 0 Å². The highest BCUT2D eigenvalue weighted by atomic mass is 15.1. The van der Waals surface area contributed by atoms with Crippen LogP contribution >= 0.6 is 0 Å². The van der Waals surface area contributed by atoms with Crippen LogP contribution in [0.4, 0.5) is 0 Å². The van der Waals surface area contributed by atoms with Crippen LogP contribution in [0.5, 0.6) is 0 Å². The van der Waals surface area contributed by atoms with Crippen molar-refractivity contribution < 1.29 is 0 Å². The van der Waals surface area contributed by atoms with E-state index in [0.29, 0.717) is 0 Å². The molecule has 4 nitrogen and oxygen atoms in total. The van der Waals surface area contributed by atoms with Crippen molar-refractivity contribution in [2.45, 2.75) is 25.9 Å². The van der Waals surface area contributed by atoms with E-state index in [4.69, 9.17) is 0 Å². The van der Waals surface area contributed by atoms with Crippen molar-refractivity contribution in [1.82, 2.24) is 19.8 Å². The summed E-state index contributed by atoms with van der Waals surface area (Å²) in [6, 6.07) is 12.7. The Labute approximate surface area is 139 Å². The Balaban J connectivity index is 1.40. The molecule has 1 aliphatic heterocycles. The number of hydrogen-bond donors (Lipinski definition) is 0. The summed E-state index contributed by atoms with van der Waals surface area (Å²) < 4.78 is 0. The highest BCUT2D eigenvalue weighted by Crippen LogP contribution is 2.20. The predicted octanol–water partition coefficient (Wildman–Crippen LogP) is 2.82. The zero-order valence-corrected chi connectivity index (χ0v) is 13.9. The van der Waals surface area contributed by atoms with E-state index in [-0.39, 0.29) is 0 Å². The standard InChI is InChI=1S/C19H26N4/c1-22(16-19-20-10-5-11-21-19)14-18-8-12-23(13-9-18)15-17-6-3-2-4-7-17/h2-7,10-11,18H,8-9,12-16H2,1H3. The first-order chi connectivity index (χ1) is 11.3. The van der Waals surface area contributed by atoms with Gasteiger partial charge in [0, 0.05) is 25.5 Å². The number of rotatable bonds is 6. The molecule has 1 aromatic carbocycles. The molecule has 2 heterocycles. The summed E-state index contributed by atoms with van der Waals surface area (Å²) in [5, 5.41) is 0. The van der Waals surface area contributed by atoms with Crippen molar-refractivity contribution in [3.05, 3.63) is 60.2 Å². The fourth-order valence-electron chi connectivity index (χ4n) is 3.33. The molecule has 0 bridgehead atoms. The number of benzene rings is 1. The van der Waals surface area contributed by atoms with E-state index in [1.54, 1.807) is 0 Å². The van der Waals surface area contributed by atoms with Gasteiger partial charge in [-0.2, -0.15) is 0 Å². The summed E-state index contributed by atoms with van der Waals surface area (Å²) in [7, 11) is 2.17. The third-order valence-electron chi connectivity index (χ3n) is 4.56. The van der Waals surface area contributed by atoms with Gasteiger partial charge in [0.1, 0.15) is 5.82 Å². The maximum atomic E-state index is 4.31. The molecule has 0 spiro atoms. The van der Waals surface area contributed by atoms with Gasteiger partial charge in [-0.3, -0.25) is 9.80 Å². The second kappa shape index (κ2) is 8.18. The van der Waals surface area contributed by atoms with Crippen molar-refractivity contribution in [3.63, 3.8) is 0 Å². The molecular weight excluding hydrogens is 284 g/mol. The molecule has 1 saturated heterocycles. The van der Waals surface area contributed by atoms with E-state index < -0.39 is 0 Å². The zero-order valence-electron chi connectivity index (χ0n) is 13.9. The molecule has 3 rings (SSSR count). The average Bonchev–Trinajstić information content (AvgIpc) is 2.58. The summed E-state index contributed by atoms with van der Waals surface area (Å²) in [5.41, 5.74) is 1.42. The van der Waals surface area contributed by atoms with Gasteiger partial charge >= 0.3 is 0 Å². The second-order valence-electron chi connectivity index (χ2n) is 6.57. The minimum atomic E-state index is 0.788. The molecule has 0 atom stereocenters. The van der Waals surface area contributed by atoms with Crippen LogP contribution in [0.25, 0.3) is 0 Å². The lowest BCUT2D eigenvalue weighted by Gasteiger charge is -2.33. The smallest absolute Gasteiger partial charge is 0.142 e. The molecule has 122 valence electrons. The lowest BCUT2D eigenvalue weighted by molar-refractivity contribution is 0.146. The van der Waals surface area contributed by atoms with E-state index in [0.717, 1.165) is 31.4 Å². The van der Waals surface area contributed by atoms with Gasteiger partial charge < -0.3 is 0 Å². The predicted molar refractivity (Wildman–Crippen MR) is 92.8 cm³/mol. The molecule has 0 radical (unpaired) electrons. The lowest BCUT2D eigenvalue weighted by Crippen LogP contribution is -2.37. The summed E-state index contributed by atoms with van der Waals surface area (Å²) in [6.07, 6.45) is 6.20. The highest BCUT2D eigenvalue weighted by Gasteiger charge is 2.20. The molecule has 4 heteroatoms. The highest BCUT2D eigenvalue weighted by molar-refractivity contribution is 5.14. The van der Waals surface area contributed by atoms with E-state index in [9.17, 15) is 0 Å². The minimum absolute atomic E-state index is 0.788. The van der Waals surface area contributed by atoms with E-state index >= 15 is 0 Å². The summed E-state index contributed by atoms with van der Waals surface area (Å²) >= 11 is 0. The number of piperidine rings is 1. The van der Waals surface area contributed by atoms with Crippen LogP contribution < -0.4 is 0 Å². The van der Waals surface area contributed by atoms with Gasteiger partial charge in [-0.15, -0.1) is 0 Å². The maximum Gasteiger partial charge on any atom is 0.142 e. The van der Waals surface area contributed by atoms with Crippen molar-refractivity contribution in [2.24, 2.45) is 5.92 Å². The summed E-state index contributed by atoms with van der Waals surface area (Å²) in [6.45, 7) is 5.47. The molecule has 2 aromatic rings. The molecule has 0 N–H and O–H groups in total. The van der Waals surface area contributed by atoms with Gasteiger partial charge in [-0.25, -0.2) is 9.97 Å². The molecule has 1 aliphatic rings. The minimum Gasteiger partial charge on any atom is -0.299 e. The summed E-state index contributed by atoms with van der Waals surface area (Å²) in [4.78, 5) is 13.5. The molecule has 0 unspecified atom stereocenters. The largest absolute Gasteiger partial charge is 0.299 e. The fourth-order valence-corrected chi connectivity index (χ4v) is 3.33. The van der Waals surface area contributed by atoms with Crippen molar-refractivity contribution in [1.29, 1.82) is 0 Å². The fraction of sp³-hybridized carbons (Fsp3) is 0.474. The Kier molecular flexibility index (Phi) is 5.72. The van der Waals surface area contributed by atoms with Crippen LogP contribution in [-0.2, 0) is 13.1 Å². The first-order valence-electron chi connectivity index (χ1n) is 8.50. The molecule has 23 heavy (non-hydrogen) atoms. The Morgan fingerprint density at radius 1 is 1.04 bits per heavy atom. The van der Waals surface area contributed by atoms with E-state index in [2.05, 4.69) is 57.1 Å². The maximum absolute atomic E-state index is 4.31. The van der Waals surface area contributed by atoms with Gasteiger partial charge in [-0.1, -0.05) is 30.3 Å². The SMILES string of the molecule is CN(Cc1ncccn1)CC1CCN(Cc2ccccc2)CC1. The molecule has 1 aromatic heterocycles. The molecule has 0 amide bonds. The van der Waals surface area contributed by atoms with Crippen LogP contribution in [0.1, 0.15) is 24.2 Å². The van der Waals surface area contributed by atoms with Gasteiger partial charge in [0.15, 0.2) is 0 Å². The monoisotopic (exact) mass is 310 g/mol. The molecule has 0 saturated carbocycles. The molecular formula is C19H26N4. The Morgan fingerprint density at radius 2 is 1.74 bits per heavy atom. The first-order valence-corrected chi connectivity index (χ1v) is 8.50. The van der Waals surface area contributed by atoms with Crippen LogP contribution in [0, 0.1) is 5.92 Å². The van der Waals surface area contributed by atoms with Crippen molar-refractivity contribution >= 4 is 0 Å².